The number of aryl methyl sites for hydroxylation is 1. The third kappa shape index (κ3) is 5.10. The Bertz CT molecular complexity index is 1180. The summed E-state index contributed by atoms with van der Waals surface area (Å²) in [6.45, 7) is 3.30. The van der Waals surface area contributed by atoms with E-state index >= 15 is 0 Å². The van der Waals surface area contributed by atoms with Gasteiger partial charge in [-0.2, -0.15) is 0 Å². The Kier molecular flexibility index (Phi) is 6.66. The molecule has 11 heteroatoms. The van der Waals surface area contributed by atoms with E-state index in [1.54, 1.807) is 43.3 Å². The van der Waals surface area contributed by atoms with Gasteiger partial charge >= 0.3 is 0 Å². The summed E-state index contributed by atoms with van der Waals surface area (Å²) in [4.78, 5) is 12.8. The van der Waals surface area contributed by atoms with E-state index in [2.05, 4.69) is 15.5 Å². The molecule has 0 aliphatic rings. The number of hydrogen-bond donors (Lipinski definition) is 1. The molecule has 2 aromatic carbocycles. The Morgan fingerprint density at radius 3 is 2.40 bits per heavy atom. The number of carbonyl (C=O) groups excluding carboxylic acids is 1. The van der Waals surface area contributed by atoms with Gasteiger partial charge in [-0.1, -0.05) is 52.7 Å². The fourth-order valence-electron chi connectivity index (χ4n) is 2.72. The van der Waals surface area contributed by atoms with Crippen LogP contribution in [-0.2, 0) is 14.8 Å². The Morgan fingerprint density at radius 2 is 1.80 bits per heavy atom. The fourth-order valence-corrected chi connectivity index (χ4v) is 4.94. The summed E-state index contributed by atoms with van der Waals surface area (Å²) in [6, 6.07) is 10.8. The number of benzene rings is 2. The molecule has 3 aromatic rings. The van der Waals surface area contributed by atoms with Gasteiger partial charge in [0.2, 0.25) is 21.1 Å². The molecular weight excluding hydrogens is 467 g/mol. The molecule has 1 N–H and O–H groups in total. The van der Waals surface area contributed by atoms with Crippen LogP contribution >= 0.6 is 34.5 Å². The molecule has 0 saturated carbocycles. The van der Waals surface area contributed by atoms with Gasteiger partial charge in [0, 0.05) is 15.6 Å². The smallest absolute Gasteiger partial charge is 0.249 e. The second kappa shape index (κ2) is 8.89. The first-order valence-corrected chi connectivity index (χ1v) is 12.1. The van der Waals surface area contributed by atoms with Crippen molar-refractivity contribution in [2.45, 2.75) is 19.9 Å². The molecule has 0 aliphatic heterocycles. The monoisotopic (exact) mass is 484 g/mol. The lowest BCUT2D eigenvalue weighted by atomic mass is 10.2. The molecule has 0 radical (unpaired) electrons. The maximum absolute atomic E-state index is 12.8. The maximum Gasteiger partial charge on any atom is 0.249 e. The van der Waals surface area contributed by atoms with Crippen LogP contribution in [-0.4, -0.2) is 36.8 Å². The molecule has 1 heterocycles. The normalized spacial score (nSPS) is 12.4. The van der Waals surface area contributed by atoms with E-state index in [1.807, 2.05) is 0 Å². The minimum Gasteiger partial charge on any atom is -0.299 e. The third-order valence-electron chi connectivity index (χ3n) is 4.24. The van der Waals surface area contributed by atoms with Crippen LogP contribution in [0.5, 0.6) is 0 Å². The van der Waals surface area contributed by atoms with Crippen LogP contribution < -0.4 is 9.62 Å². The Labute approximate surface area is 188 Å². The number of sulfonamides is 1. The Hall–Kier alpha value is -2.20. The van der Waals surface area contributed by atoms with E-state index in [1.165, 1.54) is 24.3 Å². The Balaban J connectivity index is 1.82. The van der Waals surface area contributed by atoms with Gasteiger partial charge in [-0.3, -0.25) is 14.4 Å². The average molecular weight is 485 g/mol. The summed E-state index contributed by atoms with van der Waals surface area (Å²) in [6.07, 6.45) is 1.04. The van der Waals surface area contributed by atoms with Crippen molar-refractivity contribution in [3.63, 3.8) is 0 Å². The van der Waals surface area contributed by atoms with Crippen LogP contribution in [0.3, 0.4) is 0 Å². The van der Waals surface area contributed by atoms with Crippen molar-refractivity contribution in [3.8, 4) is 10.6 Å². The van der Waals surface area contributed by atoms with Crippen LogP contribution in [0.4, 0.5) is 10.8 Å². The van der Waals surface area contributed by atoms with Gasteiger partial charge in [-0.15, -0.1) is 10.2 Å². The lowest BCUT2D eigenvalue weighted by molar-refractivity contribution is -0.116. The molecule has 0 fully saturated rings. The topological polar surface area (TPSA) is 92.3 Å². The molecule has 0 bridgehead atoms. The molecule has 7 nitrogen and oxygen atoms in total. The molecule has 3 rings (SSSR count). The summed E-state index contributed by atoms with van der Waals surface area (Å²) in [5.74, 6) is -0.545. The molecule has 0 saturated heterocycles. The highest BCUT2D eigenvalue weighted by atomic mass is 35.5. The highest BCUT2D eigenvalue weighted by Gasteiger charge is 2.30. The van der Waals surface area contributed by atoms with E-state index in [-0.39, 0.29) is 5.13 Å². The first-order valence-electron chi connectivity index (χ1n) is 8.72. The number of hydrogen-bond acceptors (Lipinski definition) is 6. The van der Waals surface area contributed by atoms with Crippen LogP contribution in [0.15, 0.2) is 42.5 Å². The molecule has 1 amide bonds. The first kappa shape index (κ1) is 22.5. The van der Waals surface area contributed by atoms with E-state index < -0.39 is 22.0 Å². The lowest BCUT2D eigenvalue weighted by Crippen LogP contribution is -2.45. The number of halogens is 2. The van der Waals surface area contributed by atoms with Gasteiger partial charge in [-0.05, 0) is 43.7 Å². The van der Waals surface area contributed by atoms with Crippen molar-refractivity contribution in [1.82, 2.24) is 10.2 Å². The lowest BCUT2D eigenvalue weighted by Gasteiger charge is -2.28. The molecule has 0 spiro atoms. The summed E-state index contributed by atoms with van der Waals surface area (Å²) < 4.78 is 25.8. The van der Waals surface area contributed by atoms with Gasteiger partial charge in [0.1, 0.15) is 11.0 Å². The number of nitrogens with one attached hydrogen (secondary N) is 1. The number of amides is 1. The Morgan fingerprint density at radius 1 is 1.13 bits per heavy atom. The summed E-state index contributed by atoms with van der Waals surface area (Å²) in [5.41, 5.74) is 1.90. The molecular formula is C19H18Cl2N4O3S2. The minimum atomic E-state index is -3.76. The molecule has 158 valence electrons. The predicted molar refractivity (Wildman–Crippen MR) is 122 cm³/mol. The van der Waals surface area contributed by atoms with Crippen molar-refractivity contribution >= 4 is 61.3 Å². The number of aromatic nitrogens is 2. The maximum atomic E-state index is 12.8. The van der Waals surface area contributed by atoms with Crippen molar-refractivity contribution in [2.75, 3.05) is 15.9 Å². The second-order valence-corrected chi connectivity index (χ2v) is 10.3. The number of nitrogens with zero attached hydrogens (tertiary/aromatic N) is 3. The van der Waals surface area contributed by atoms with Gasteiger partial charge in [0.15, 0.2) is 0 Å². The first-order chi connectivity index (χ1) is 14.1. The molecule has 1 aromatic heterocycles. The van der Waals surface area contributed by atoms with Crippen molar-refractivity contribution in [3.05, 3.63) is 58.1 Å². The van der Waals surface area contributed by atoms with E-state index in [0.29, 0.717) is 20.7 Å². The van der Waals surface area contributed by atoms with E-state index in [0.717, 1.165) is 21.7 Å². The molecule has 1 atom stereocenters. The van der Waals surface area contributed by atoms with Crippen LogP contribution in [0.2, 0.25) is 10.0 Å². The standard InChI is InChI=1S/C19H18Cl2N4O3S2/c1-11-4-9-15(10-16(11)21)25(30(3,27)28)12(2)17(26)22-19-24-23-18(29-19)13-5-7-14(20)8-6-13/h4-10,12H,1-3H3,(H,22,24,26)/t12-/m1/s1. The number of anilines is 2. The zero-order chi connectivity index (χ0) is 22.1. The zero-order valence-corrected chi connectivity index (χ0v) is 19.4. The summed E-state index contributed by atoms with van der Waals surface area (Å²) in [5, 5.41) is 12.5. The van der Waals surface area contributed by atoms with Crippen LogP contribution in [0.1, 0.15) is 12.5 Å². The number of rotatable bonds is 6. The van der Waals surface area contributed by atoms with E-state index in [9.17, 15) is 13.2 Å². The van der Waals surface area contributed by atoms with Crippen LogP contribution in [0.25, 0.3) is 10.6 Å². The van der Waals surface area contributed by atoms with Crippen LogP contribution in [0, 0.1) is 6.92 Å². The highest BCUT2D eigenvalue weighted by molar-refractivity contribution is 7.92. The highest BCUT2D eigenvalue weighted by Crippen LogP contribution is 2.29. The van der Waals surface area contributed by atoms with Gasteiger partial charge in [0.25, 0.3) is 0 Å². The number of carbonyl (C=O) groups is 1. The summed E-state index contributed by atoms with van der Waals surface area (Å²) in [7, 11) is -3.76. The zero-order valence-electron chi connectivity index (χ0n) is 16.3. The average Bonchev–Trinajstić information content (AvgIpc) is 3.12. The summed E-state index contributed by atoms with van der Waals surface area (Å²) >= 11 is 13.2. The largest absolute Gasteiger partial charge is 0.299 e. The van der Waals surface area contributed by atoms with Crippen molar-refractivity contribution in [1.29, 1.82) is 0 Å². The van der Waals surface area contributed by atoms with Gasteiger partial charge in [-0.25, -0.2) is 8.42 Å². The fraction of sp³-hybridized carbons (Fsp3) is 0.211. The molecule has 30 heavy (non-hydrogen) atoms. The van der Waals surface area contributed by atoms with E-state index in [4.69, 9.17) is 23.2 Å². The van der Waals surface area contributed by atoms with Gasteiger partial charge < -0.3 is 0 Å². The minimum absolute atomic E-state index is 0.257. The van der Waals surface area contributed by atoms with Crippen molar-refractivity contribution < 1.29 is 13.2 Å². The predicted octanol–water partition coefficient (Wildman–Crippen LogP) is 4.61. The molecule has 0 unspecified atom stereocenters. The third-order valence-corrected chi connectivity index (χ3v) is 7.03. The molecule has 0 aliphatic carbocycles. The van der Waals surface area contributed by atoms with Crippen molar-refractivity contribution in [2.24, 2.45) is 0 Å². The second-order valence-electron chi connectivity index (χ2n) is 6.58. The quantitative estimate of drug-likeness (QED) is 0.551. The SMILES string of the molecule is Cc1ccc(N([C@H](C)C(=O)Nc2nnc(-c3ccc(Cl)cc3)s2)S(C)(=O)=O)cc1Cl. The van der Waals surface area contributed by atoms with Gasteiger partial charge in [0.05, 0.1) is 11.9 Å².